The van der Waals surface area contributed by atoms with Gasteiger partial charge in [0.05, 0.1) is 19.8 Å². The number of aliphatic hydroxyl groups excluding tert-OH is 1. The second-order valence-electron chi connectivity index (χ2n) is 5.67. The van der Waals surface area contributed by atoms with Crippen molar-refractivity contribution in [2.24, 2.45) is 5.41 Å². The molecule has 0 spiro atoms. The first-order chi connectivity index (χ1) is 8.06. The van der Waals surface area contributed by atoms with Gasteiger partial charge in [-0.3, -0.25) is 0 Å². The van der Waals surface area contributed by atoms with Crippen LogP contribution < -0.4 is 0 Å². The predicted octanol–water partition coefficient (Wildman–Crippen LogP) is 2.67. The molecule has 0 atom stereocenters. The number of hydrogen-bond acceptors (Lipinski definition) is 2. The Labute approximate surface area is 104 Å². The third-order valence-electron chi connectivity index (χ3n) is 3.76. The number of aryl methyl sites for hydroxylation is 1. The summed E-state index contributed by atoms with van der Waals surface area (Å²) >= 11 is 0. The van der Waals surface area contributed by atoms with Crippen molar-refractivity contribution in [1.29, 1.82) is 0 Å². The third-order valence-corrected chi connectivity index (χ3v) is 3.76. The molecule has 1 aromatic rings. The lowest BCUT2D eigenvalue weighted by Gasteiger charge is -2.40. The van der Waals surface area contributed by atoms with Gasteiger partial charge in [-0.2, -0.15) is 0 Å². The van der Waals surface area contributed by atoms with Crippen molar-refractivity contribution < 1.29 is 9.84 Å². The third kappa shape index (κ3) is 2.53. The van der Waals surface area contributed by atoms with E-state index in [0.717, 1.165) is 6.42 Å². The van der Waals surface area contributed by atoms with Crippen LogP contribution in [0.5, 0.6) is 0 Å². The van der Waals surface area contributed by atoms with Crippen LogP contribution in [0.4, 0.5) is 0 Å². The van der Waals surface area contributed by atoms with Gasteiger partial charge < -0.3 is 9.84 Å². The van der Waals surface area contributed by atoms with E-state index in [1.165, 1.54) is 16.7 Å². The molecule has 17 heavy (non-hydrogen) atoms. The van der Waals surface area contributed by atoms with Crippen molar-refractivity contribution in [1.82, 2.24) is 0 Å². The smallest absolute Gasteiger partial charge is 0.0570 e. The fraction of sp³-hybridized carbons (Fsp3) is 0.600. The monoisotopic (exact) mass is 234 g/mol. The lowest BCUT2D eigenvalue weighted by Crippen LogP contribution is -2.47. The van der Waals surface area contributed by atoms with Crippen LogP contribution >= 0.6 is 0 Å². The molecule has 0 bridgehead atoms. The van der Waals surface area contributed by atoms with Crippen LogP contribution in [-0.2, 0) is 11.2 Å². The molecule has 1 fully saturated rings. The molecule has 1 aliphatic heterocycles. The first-order valence-corrected chi connectivity index (χ1v) is 6.34. The van der Waals surface area contributed by atoms with E-state index in [1.54, 1.807) is 0 Å². The van der Waals surface area contributed by atoms with E-state index in [0.29, 0.717) is 19.1 Å². The Kier molecular flexibility index (Phi) is 3.55. The summed E-state index contributed by atoms with van der Waals surface area (Å²) in [5.74, 6) is 0.553. The molecule has 1 heterocycles. The van der Waals surface area contributed by atoms with Gasteiger partial charge in [0.2, 0.25) is 0 Å². The molecule has 0 aromatic heterocycles. The van der Waals surface area contributed by atoms with Gasteiger partial charge in [0.1, 0.15) is 0 Å². The van der Waals surface area contributed by atoms with Crippen LogP contribution in [-0.4, -0.2) is 24.9 Å². The summed E-state index contributed by atoms with van der Waals surface area (Å²) in [5, 5.41) is 9.49. The molecule has 2 rings (SSSR count). The second kappa shape index (κ2) is 4.79. The van der Waals surface area contributed by atoms with Crippen molar-refractivity contribution in [2.45, 2.75) is 33.1 Å². The summed E-state index contributed by atoms with van der Waals surface area (Å²) in [6, 6.07) is 6.68. The van der Waals surface area contributed by atoms with Crippen molar-refractivity contribution in [2.75, 3.05) is 19.8 Å². The lowest BCUT2D eigenvalue weighted by atomic mass is 9.79. The molecule has 0 amide bonds. The quantitative estimate of drug-likeness (QED) is 0.868. The molecule has 0 radical (unpaired) electrons. The summed E-state index contributed by atoms with van der Waals surface area (Å²) < 4.78 is 5.26. The number of benzene rings is 1. The van der Waals surface area contributed by atoms with E-state index >= 15 is 0 Å². The molecule has 1 N–H and O–H groups in total. The Morgan fingerprint density at radius 3 is 2.53 bits per heavy atom. The van der Waals surface area contributed by atoms with Crippen LogP contribution in [0.25, 0.3) is 0 Å². The summed E-state index contributed by atoms with van der Waals surface area (Å²) in [6.07, 6.45) is 0.926. The van der Waals surface area contributed by atoms with Crippen LogP contribution in [0, 0.1) is 12.3 Å². The molecule has 1 aromatic carbocycles. The van der Waals surface area contributed by atoms with Crippen molar-refractivity contribution in [3.8, 4) is 0 Å². The fourth-order valence-corrected chi connectivity index (χ4v) is 2.28. The summed E-state index contributed by atoms with van der Waals surface area (Å²) in [4.78, 5) is 0. The number of ether oxygens (including phenoxy) is 1. The zero-order valence-electron chi connectivity index (χ0n) is 11.0. The molecule has 2 heteroatoms. The van der Waals surface area contributed by atoms with E-state index < -0.39 is 0 Å². The highest BCUT2D eigenvalue weighted by atomic mass is 16.5. The van der Waals surface area contributed by atoms with Crippen LogP contribution in [0.15, 0.2) is 18.2 Å². The van der Waals surface area contributed by atoms with E-state index in [9.17, 15) is 5.11 Å². The van der Waals surface area contributed by atoms with E-state index in [2.05, 4.69) is 39.0 Å². The van der Waals surface area contributed by atoms with Gasteiger partial charge in [0.25, 0.3) is 0 Å². The Hall–Kier alpha value is -0.860. The molecular formula is C15H22O2. The first kappa shape index (κ1) is 12.6. The molecule has 0 unspecified atom stereocenters. The minimum Gasteiger partial charge on any atom is -0.396 e. The second-order valence-corrected chi connectivity index (χ2v) is 5.67. The SMILES string of the molecule is Cc1ccc(C(C)C)cc1CC1(CO)COC1. The highest BCUT2D eigenvalue weighted by Gasteiger charge is 2.38. The standard InChI is InChI=1S/C15H22O2/c1-11(2)13-5-4-12(3)14(6-13)7-15(8-16)9-17-10-15/h4-6,11,16H,7-10H2,1-3H3. The van der Waals surface area contributed by atoms with Crippen LogP contribution in [0.1, 0.15) is 36.5 Å². The molecule has 0 aliphatic carbocycles. The van der Waals surface area contributed by atoms with Gasteiger partial charge in [-0.25, -0.2) is 0 Å². The van der Waals surface area contributed by atoms with E-state index in [1.807, 2.05) is 0 Å². The largest absolute Gasteiger partial charge is 0.396 e. The topological polar surface area (TPSA) is 29.5 Å². The molecule has 1 aliphatic rings. The van der Waals surface area contributed by atoms with Gasteiger partial charge in [-0.1, -0.05) is 32.0 Å². The Morgan fingerprint density at radius 1 is 1.35 bits per heavy atom. The predicted molar refractivity (Wildman–Crippen MR) is 69.3 cm³/mol. The van der Waals surface area contributed by atoms with Crippen molar-refractivity contribution in [3.63, 3.8) is 0 Å². The summed E-state index contributed by atoms with van der Waals surface area (Å²) in [6.45, 7) is 8.16. The number of rotatable bonds is 4. The molecule has 1 saturated heterocycles. The average molecular weight is 234 g/mol. The minimum atomic E-state index is -0.0274. The average Bonchev–Trinajstić information content (AvgIpc) is 2.25. The van der Waals surface area contributed by atoms with Gasteiger partial charge in [-0.15, -0.1) is 0 Å². The molecule has 2 nitrogen and oxygen atoms in total. The van der Waals surface area contributed by atoms with Gasteiger partial charge >= 0.3 is 0 Å². The maximum atomic E-state index is 9.49. The Balaban J connectivity index is 2.22. The first-order valence-electron chi connectivity index (χ1n) is 6.34. The van der Waals surface area contributed by atoms with Crippen LogP contribution in [0.2, 0.25) is 0 Å². The summed E-state index contributed by atoms with van der Waals surface area (Å²) in [7, 11) is 0. The van der Waals surface area contributed by atoms with E-state index in [4.69, 9.17) is 4.74 Å². The minimum absolute atomic E-state index is 0.0274. The zero-order chi connectivity index (χ0) is 12.5. The highest BCUT2D eigenvalue weighted by Crippen LogP contribution is 2.33. The molecule has 94 valence electrons. The van der Waals surface area contributed by atoms with Gasteiger partial charge in [0, 0.05) is 5.41 Å². The maximum Gasteiger partial charge on any atom is 0.0570 e. The maximum absolute atomic E-state index is 9.49. The van der Waals surface area contributed by atoms with Crippen LogP contribution in [0.3, 0.4) is 0 Å². The van der Waals surface area contributed by atoms with Gasteiger partial charge in [-0.05, 0) is 36.0 Å². The summed E-state index contributed by atoms with van der Waals surface area (Å²) in [5.41, 5.74) is 4.02. The zero-order valence-corrected chi connectivity index (χ0v) is 11.0. The molecule has 0 saturated carbocycles. The fourth-order valence-electron chi connectivity index (χ4n) is 2.28. The van der Waals surface area contributed by atoms with Crippen molar-refractivity contribution >= 4 is 0 Å². The molecular weight excluding hydrogens is 212 g/mol. The van der Waals surface area contributed by atoms with Gasteiger partial charge in [0.15, 0.2) is 0 Å². The highest BCUT2D eigenvalue weighted by molar-refractivity contribution is 5.33. The number of hydrogen-bond donors (Lipinski definition) is 1. The van der Waals surface area contributed by atoms with Crippen molar-refractivity contribution in [3.05, 3.63) is 34.9 Å². The Bertz CT molecular complexity index is 386. The normalized spacial score (nSPS) is 18.2. The number of aliphatic hydroxyl groups is 1. The lowest BCUT2D eigenvalue weighted by molar-refractivity contribution is -0.136. The van der Waals surface area contributed by atoms with E-state index in [-0.39, 0.29) is 12.0 Å². The Morgan fingerprint density at radius 2 is 2.06 bits per heavy atom.